The van der Waals surface area contributed by atoms with Crippen molar-refractivity contribution in [1.29, 1.82) is 0 Å². The number of aliphatic hydroxyl groups is 1. The van der Waals surface area contributed by atoms with Crippen molar-refractivity contribution >= 4 is 41.0 Å². The number of hydrogen-bond acceptors (Lipinski definition) is 7. The standard InChI is InChI=1S/C35H40ClN3O7/c1-3-5-16-28(41)37-22-27(23-12-7-6-8-13-23)45-34(44)29-26-17-18-35(46-26)30(29)32(42)39(20-11-21-40)31(35)33(43)38(19-4-2)25-15-10-9-14-24(25)36/h3-4,6-10,12-15,26-27,29-31,40H,1-2,5,11,16-22H2,(H,37,41)/t26-,27-,29+,30+,31-,35+/m0/s1. The quantitative estimate of drug-likeness (QED) is 0.221. The van der Waals surface area contributed by atoms with Gasteiger partial charge in [0.05, 0.1) is 35.2 Å². The fourth-order valence-corrected chi connectivity index (χ4v) is 7.32. The van der Waals surface area contributed by atoms with E-state index in [9.17, 15) is 24.3 Å². The lowest BCUT2D eigenvalue weighted by Gasteiger charge is -2.37. The molecule has 0 radical (unpaired) electrons. The SMILES string of the molecule is C=CCCC(=O)NC[C@H](OC(=O)[C@@H]1[C@@H]2CC[C@]3(O2)[C@H](C(=O)N(CC=C)c2ccccc2Cl)N(CCCO)C(=O)[C@@H]13)c1ccccc1. The zero-order chi connectivity index (χ0) is 32.8. The molecule has 0 saturated carbocycles. The van der Waals surface area contributed by atoms with Crippen LogP contribution >= 0.6 is 11.6 Å². The van der Waals surface area contributed by atoms with Gasteiger partial charge in [-0.15, -0.1) is 13.2 Å². The number of halogens is 1. The second kappa shape index (κ2) is 14.6. The summed E-state index contributed by atoms with van der Waals surface area (Å²) < 4.78 is 12.6. The van der Waals surface area contributed by atoms with Crippen LogP contribution in [0.1, 0.15) is 43.8 Å². The number of likely N-dealkylation sites (tertiary alicyclic amines) is 1. The van der Waals surface area contributed by atoms with Crippen LogP contribution in [0.25, 0.3) is 0 Å². The van der Waals surface area contributed by atoms with Gasteiger partial charge in [0.15, 0.2) is 0 Å². The first-order chi connectivity index (χ1) is 22.3. The van der Waals surface area contributed by atoms with Crippen LogP contribution in [-0.2, 0) is 28.7 Å². The average Bonchev–Trinajstić information content (AvgIpc) is 3.71. The molecule has 2 bridgehead atoms. The van der Waals surface area contributed by atoms with Gasteiger partial charge in [0.25, 0.3) is 5.91 Å². The second-order valence-electron chi connectivity index (χ2n) is 11.8. The summed E-state index contributed by atoms with van der Waals surface area (Å²) in [6.07, 6.45) is 3.69. The van der Waals surface area contributed by atoms with E-state index in [1.807, 2.05) is 30.3 Å². The highest BCUT2D eigenvalue weighted by Crippen LogP contribution is 2.59. The maximum absolute atomic E-state index is 14.5. The van der Waals surface area contributed by atoms with Crippen LogP contribution in [0.4, 0.5) is 5.69 Å². The van der Waals surface area contributed by atoms with Gasteiger partial charge in [0, 0.05) is 26.1 Å². The molecule has 0 aromatic heterocycles. The van der Waals surface area contributed by atoms with E-state index in [1.54, 1.807) is 36.4 Å². The fourth-order valence-electron chi connectivity index (χ4n) is 7.08. The minimum absolute atomic E-state index is 0.0474. The molecule has 6 atom stereocenters. The number of nitrogens with one attached hydrogen (secondary N) is 1. The molecule has 0 aliphatic carbocycles. The second-order valence-corrected chi connectivity index (χ2v) is 12.2. The lowest BCUT2D eigenvalue weighted by atomic mass is 9.70. The van der Waals surface area contributed by atoms with E-state index in [0.717, 1.165) is 0 Å². The number of carbonyl (C=O) groups is 4. The number of esters is 1. The Morgan fingerprint density at radius 3 is 2.59 bits per heavy atom. The van der Waals surface area contributed by atoms with E-state index >= 15 is 0 Å². The van der Waals surface area contributed by atoms with Crippen LogP contribution in [0, 0.1) is 11.8 Å². The summed E-state index contributed by atoms with van der Waals surface area (Å²) in [7, 11) is 0. The van der Waals surface area contributed by atoms with Gasteiger partial charge in [-0.05, 0) is 43.4 Å². The zero-order valence-electron chi connectivity index (χ0n) is 25.7. The van der Waals surface area contributed by atoms with Gasteiger partial charge >= 0.3 is 5.97 Å². The molecule has 2 aromatic rings. The molecule has 0 unspecified atom stereocenters. The fraction of sp³-hybridized carbons (Fsp3) is 0.429. The van der Waals surface area contributed by atoms with E-state index in [1.165, 1.54) is 9.80 Å². The first kappa shape index (κ1) is 33.4. The van der Waals surface area contributed by atoms with Crippen LogP contribution < -0.4 is 10.2 Å². The Morgan fingerprint density at radius 2 is 1.89 bits per heavy atom. The van der Waals surface area contributed by atoms with Gasteiger partial charge in [-0.25, -0.2) is 0 Å². The van der Waals surface area contributed by atoms with Gasteiger partial charge in [0.2, 0.25) is 11.8 Å². The Labute approximate surface area is 274 Å². The number of ether oxygens (including phenoxy) is 2. The van der Waals surface area contributed by atoms with Crippen molar-refractivity contribution in [2.45, 2.75) is 56.0 Å². The van der Waals surface area contributed by atoms with Crippen molar-refractivity contribution in [3.8, 4) is 0 Å². The topological polar surface area (TPSA) is 125 Å². The number of benzene rings is 2. The molecule has 46 heavy (non-hydrogen) atoms. The maximum Gasteiger partial charge on any atom is 0.313 e. The summed E-state index contributed by atoms with van der Waals surface area (Å²) in [5.74, 6) is -3.52. The van der Waals surface area contributed by atoms with Gasteiger partial charge in [-0.3, -0.25) is 19.2 Å². The third-order valence-corrected chi connectivity index (χ3v) is 9.39. The summed E-state index contributed by atoms with van der Waals surface area (Å²) >= 11 is 6.51. The van der Waals surface area contributed by atoms with Crippen molar-refractivity contribution in [3.05, 3.63) is 90.5 Å². The first-order valence-corrected chi connectivity index (χ1v) is 16.0. The highest BCUT2D eigenvalue weighted by molar-refractivity contribution is 6.34. The number of allylic oxidation sites excluding steroid dienone is 1. The lowest BCUT2D eigenvalue weighted by molar-refractivity contribution is -0.160. The Bertz CT molecular complexity index is 1470. The number of anilines is 1. The Balaban J connectivity index is 1.45. The maximum atomic E-state index is 14.5. The predicted molar refractivity (Wildman–Crippen MR) is 173 cm³/mol. The summed E-state index contributed by atoms with van der Waals surface area (Å²) in [6.45, 7) is 7.56. The third-order valence-electron chi connectivity index (χ3n) is 9.07. The highest BCUT2D eigenvalue weighted by Gasteiger charge is 2.75. The third kappa shape index (κ3) is 6.34. The number of nitrogens with zero attached hydrogens (tertiary/aromatic N) is 2. The van der Waals surface area contributed by atoms with Crippen molar-refractivity contribution in [2.75, 3.05) is 31.1 Å². The van der Waals surface area contributed by atoms with Crippen LogP contribution in [0.5, 0.6) is 0 Å². The van der Waals surface area contributed by atoms with E-state index in [0.29, 0.717) is 35.5 Å². The molecule has 2 N–H and O–H groups in total. The molecule has 10 nitrogen and oxygen atoms in total. The van der Waals surface area contributed by atoms with Crippen molar-refractivity contribution < 1.29 is 33.8 Å². The number of para-hydroxylation sites is 1. The molecule has 3 aliphatic heterocycles. The largest absolute Gasteiger partial charge is 0.455 e. The summed E-state index contributed by atoms with van der Waals surface area (Å²) in [5.41, 5.74) is -0.110. The van der Waals surface area contributed by atoms with Gasteiger partial charge in [-0.2, -0.15) is 0 Å². The molecule has 5 rings (SSSR count). The molecule has 1 spiro atoms. The number of hydrogen-bond donors (Lipinski definition) is 2. The lowest BCUT2D eigenvalue weighted by Crippen LogP contribution is -2.56. The first-order valence-electron chi connectivity index (χ1n) is 15.7. The molecule has 3 saturated heterocycles. The minimum Gasteiger partial charge on any atom is -0.455 e. The molecule has 2 aromatic carbocycles. The van der Waals surface area contributed by atoms with Crippen LogP contribution in [0.2, 0.25) is 5.02 Å². The van der Waals surface area contributed by atoms with Crippen molar-refractivity contribution in [1.82, 2.24) is 10.2 Å². The zero-order valence-corrected chi connectivity index (χ0v) is 26.4. The summed E-state index contributed by atoms with van der Waals surface area (Å²) in [5, 5.41) is 12.9. The van der Waals surface area contributed by atoms with Crippen LogP contribution in [0.15, 0.2) is 79.9 Å². The Hall–Kier alpha value is -3.99. The molecule has 11 heteroatoms. The van der Waals surface area contributed by atoms with Gasteiger partial charge < -0.3 is 29.7 Å². The van der Waals surface area contributed by atoms with Gasteiger partial charge in [-0.1, -0.05) is 66.2 Å². The van der Waals surface area contributed by atoms with Gasteiger partial charge in [0.1, 0.15) is 17.7 Å². The van der Waals surface area contributed by atoms with Crippen molar-refractivity contribution in [3.63, 3.8) is 0 Å². The highest BCUT2D eigenvalue weighted by atomic mass is 35.5. The van der Waals surface area contributed by atoms with E-state index < -0.39 is 47.6 Å². The normalized spacial score (nSPS) is 25.1. The van der Waals surface area contributed by atoms with E-state index in [2.05, 4.69) is 18.5 Å². The Morgan fingerprint density at radius 1 is 1.15 bits per heavy atom. The molecular formula is C35H40ClN3O7. The molecular weight excluding hydrogens is 610 g/mol. The van der Waals surface area contributed by atoms with E-state index in [4.69, 9.17) is 21.1 Å². The summed E-state index contributed by atoms with van der Waals surface area (Å²) in [6, 6.07) is 15.0. The monoisotopic (exact) mass is 649 g/mol. The molecule has 3 aliphatic rings. The van der Waals surface area contributed by atoms with E-state index in [-0.39, 0.29) is 50.9 Å². The number of fused-ring (bicyclic) bond motifs is 1. The molecule has 3 amide bonds. The predicted octanol–water partition coefficient (Wildman–Crippen LogP) is 3.98. The smallest absolute Gasteiger partial charge is 0.313 e. The minimum atomic E-state index is -1.26. The van der Waals surface area contributed by atoms with Crippen LogP contribution in [-0.4, -0.2) is 77.7 Å². The number of carbonyl (C=O) groups excluding carboxylic acids is 4. The van der Waals surface area contributed by atoms with Crippen LogP contribution in [0.3, 0.4) is 0 Å². The number of amides is 3. The average molecular weight is 650 g/mol. The molecule has 3 fully saturated rings. The number of rotatable bonds is 15. The number of aliphatic hydroxyl groups excluding tert-OH is 1. The van der Waals surface area contributed by atoms with Crippen molar-refractivity contribution in [2.24, 2.45) is 11.8 Å². The summed E-state index contributed by atoms with van der Waals surface area (Å²) in [4.78, 5) is 58.1. The Kier molecular flexibility index (Phi) is 10.6. The molecule has 244 valence electrons. The molecule has 3 heterocycles.